The summed E-state index contributed by atoms with van der Waals surface area (Å²) in [4.78, 5) is 13.2. The molecular formula is C18H20ClN5O. The second-order valence-electron chi connectivity index (χ2n) is 6.45. The Hall–Kier alpha value is -2.34. The molecular weight excluding hydrogens is 338 g/mol. The van der Waals surface area contributed by atoms with Crippen molar-refractivity contribution in [1.29, 1.82) is 0 Å². The minimum Gasteiger partial charge on any atom is -0.508 e. The molecule has 2 heterocycles. The second-order valence-corrected chi connectivity index (χ2v) is 6.78. The van der Waals surface area contributed by atoms with Gasteiger partial charge in [0.05, 0.1) is 6.33 Å². The smallest absolute Gasteiger partial charge is 0.226 e. The van der Waals surface area contributed by atoms with Crippen LogP contribution in [0.1, 0.15) is 37.3 Å². The number of phenolic OH excluding ortho intramolecular Hbond substituents is 1. The lowest BCUT2D eigenvalue weighted by atomic mass is 10.1. The van der Waals surface area contributed by atoms with Crippen LogP contribution in [-0.4, -0.2) is 31.2 Å². The van der Waals surface area contributed by atoms with Crippen LogP contribution in [0.4, 0.5) is 5.82 Å². The molecule has 2 aromatic heterocycles. The molecule has 1 aliphatic rings. The van der Waals surface area contributed by atoms with Crippen molar-refractivity contribution in [2.45, 2.75) is 38.1 Å². The Morgan fingerprint density at radius 1 is 1.16 bits per heavy atom. The molecule has 4 rings (SSSR count). The van der Waals surface area contributed by atoms with Crippen LogP contribution in [0.2, 0.25) is 5.28 Å². The van der Waals surface area contributed by atoms with Crippen LogP contribution < -0.4 is 5.32 Å². The average Bonchev–Trinajstić information content (AvgIpc) is 3.25. The summed E-state index contributed by atoms with van der Waals surface area (Å²) in [5.74, 6) is 0.948. The molecule has 0 radical (unpaired) electrons. The number of rotatable bonds is 5. The topological polar surface area (TPSA) is 75.9 Å². The molecule has 6 nitrogen and oxygen atoms in total. The minimum absolute atomic E-state index is 0.236. The van der Waals surface area contributed by atoms with E-state index in [4.69, 9.17) is 11.6 Å². The molecule has 25 heavy (non-hydrogen) atoms. The van der Waals surface area contributed by atoms with Gasteiger partial charge in [-0.25, -0.2) is 4.98 Å². The van der Waals surface area contributed by atoms with Crippen molar-refractivity contribution >= 4 is 28.6 Å². The van der Waals surface area contributed by atoms with E-state index in [0.717, 1.165) is 36.0 Å². The molecule has 2 N–H and O–H groups in total. The number of hydrogen-bond donors (Lipinski definition) is 2. The third kappa shape index (κ3) is 3.39. The van der Waals surface area contributed by atoms with E-state index in [1.54, 1.807) is 12.1 Å². The van der Waals surface area contributed by atoms with Gasteiger partial charge in [0.15, 0.2) is 17.0 Å². The molecule has 3 aromatic rings. The second kappa shape index (κ2) is 6.88. The number of fused-ring (bicyclic) bond motifs is 1. The number of halogens is 1. The molecule has 130 valence electrons. The maximum Gasteiger partial charge on any atom is 0.226 e. The maximum atomic E-state index is 9.34. The fourth-order valence-corrected chi connectivity index (χ4v) is 3.62. The van der Waals surface area contributed by atoms with Crippen LogP contribution in [0.5, 0.6) is 5.75 Å². The molecule has 1 aromatic carbocycles. The number of nitrogens with zero attached hydrogens (tertiary/aromatic N) is 4. The molecule has 0 amide bonds. The summed E-state index contributed by atoms with van der Waals surface area (Å²) in [5.41, 5.74) is 2.71. The third-order valence-electron chi connectivity index (χ3n) is 4.75. The summed E-state index contributed by atoms with van der Waals surface area (Å²) in [5, 5.41) is 12.9. The fraction of sp³-hybridized carbons (Fsp3) is 0.389. The first-order valence-corrected chi connectivity index (χ1v) is 9.00. The van der Waals surface area contributed by atoms with Crippen molar-refractivity contribution < 1.29 is 5.11 Å². The van der Waals surface area contributed by atoms with E-state index >= 15 is 0 Å². The highest BCUT2D eigenvalue weighted by Gasteiger charge is 2.21. The number of aromatic hydroxyl groups is 1. The Morgan fingerprint density at radius 3 is 2.68 bits per heavy atom. The Bertz CT molecular complexity index is 871. The van der Waals surface area contributed by atoms with Crippen LogP contribution in [0, 0.1) is 0 Å². The molecule has 0 saturated heterocycles. The highest BCUT2D eigenvalue weighted by atomic mass is 35.5. The highest BCUT2D eigenvalue weighted by Crippen LogP contribution is 2.32. The van der Waals surface area contributed by atoms with E-state index in [9.17, 15) is 5.11 Å². The van der Waals surface area contributed by atoms with Gasteiger partial charge in [-0.15, -0.1) is 0 Å². The van der Waals surface area contributed by atoms with Gasteiger partial charge < -0.3 is 15.0 Å². The molecule has 1 aliphatic carbocycles. The zero-order valence-electron chi connectivity index (χ0n) is 13.8. The Kier molecular flexibility index (Phi) is 4.44. The molecule has 0 bridgehead atoms. The van der Waals surface area contributed by atoms with E-state index in [1.165, 1.54) is 12.8 Å². The SMILES string of the molecule is Oc1ccc(CCNc2nc(Cl)nc3c2ncn3C2CCCC2)cc1. The average molecular weight is 358 g/mol. The van der Waals surface area contributed by atoms with Crippen molar-refractivity contribution in [2.24, 2.45) is 0 Å². The van der Waals surface area contributed by atoms with Crippen molar-refractivity contribution in [3.8, 4) is 5.75 Å². The Balaban J connectivity index is 1.53. The van der Waals surface area contributed by atoms with Crippen molar-refractivity contribution in [3.05, 3.63) is 41.4 Å². The van der Waals surface area contributed by atoms with E-state index in [-0.39, 0.29) is 11.0 Å². The normalized spacial score (nSPS) is 15.1. The first-order chi connectivity index (χ1) is 12.2. The summed E-state index contributed by atoms with van der Waals surface area (Å²) in [6, 6.07) is 7.67. The van der Waals surface area contributed by atoms with Crippen LogP contribution in [-0.2, 0) is 6.42 Å². The van der Waals surface area contributed by atoms with Gasteiger partial charge in [-0.3, -0.25) is 0 Å². The third-order valence-corrected chi connectivity index (χ3v) is 4.92. The van der Waals surface area contributed by atoms with Gasteiger partial charge in [0.2, 0.25) is 5.28 Å². The molecule has 1 fully saturated rings. The van der Waals surface area contributed by atoms with Crippen LogP contribution in [0.15, 0.2) is 30.6 Å². The first-order valence-electron chi connectivity index (χ1n) is 8.62. The molecule has 1 saturated carbocycles. The van der Waals surface area contributed by atoms with E-state index in [1.807, 2.05) is 18.5 Å². The quantitative estimate of drug-likeness (QED) is 0.676. The van der Waals surface area contributed by atoms with Gasteiger partial charge in [-0.05, 0) is 48.6 Å². The number of anilines is 1. The van der Waals surface area contributed by atoms with Crippen molar-refractivity contribution in [2.75, 3.05) is 11.9 Å². The molecule has 0 aliphatic heterocycles. The lowest BCUT2D eigenvalue weighted by Crippen LogP contribution is -2.09. The largest absolute Gasteiger partial charge is 0.508 e. The lowest BCUT2D eigenvalue weighted by Gasteiger charge is -2.12. The molecule has 7 heteroatoms. The standard InChI is InChI=1S/C18H20ClN5O/c19-18-22-16(20-10-9-12-5-7-14(25)8-6-12)15-17(23-18)24(11-21-15)13-3-1-2-4-13/h5-8,11,13,25H,1-4,9-10H2,(H,20,22,23). The van der Waals surface area contributed by atoms with E-state index in [0.29, 0.717) is 18.4 Å². The summed E-state index contributed by atoms with van der Waals surface area (Å²) in [6.07, 6.45) is 7.50. The Morgan fingerprint density at radius 2 is 1.92 bits per heavy atom. The zero-order chi connectivity index (χ0) is 17.2. The number of imidazole rings is 1. The van der Waals surface area contributed by atoms with Crippen molar-refractivity contribution in [1.82, 2.24) is 19.5 Å². The number of nitrogens with one attached hydrogen (secondary N) is 1. The first kappa shape index (κ1) is 16.1. The fourth-order valence-electron chi connectivity index (χ4n) is 3.45. The van der Waals surface area contributed by atoms with E-state index in [2.05, 4.69) is 24.8 Å². The van der Waals surface area contributed by atoms with Gasteiger partial charge in [-0.1, -0.05) is 25.0 Å². The van der Waals surface area contributed by atoms with Gasteiger partial charge in [-0.2, -0.15) is 9.97 Å². The van der Waals surface area contributed by atoms with Gasteiger partial charge in [0.1, 0.15) is 5.75 Å². The van der Waals surface area contributed by atoms with Crippen LogP contribution >= 0.6 is 11.6 Å². The Labute approximate surface area is 150 Å². The molecule has 0 unspecified atom stereocenters. The summed E-state index contributed by atoms with van der Waals surface area (Å²) in [7, 11) is 0. The van der Waals surface area contributed by atoms with Gasteiger partial charge in [0, 0.05) is 12.6 Å². The molecule has 0 spiro atoms. The monoisotopic (exact) mass is 357 g/mol. The summed E-state index contributed by atoms with van der Waals surface area (Å²) in [6.45, 7) is 0.698. The molecule has 0 atom stereocenters. The number of benzene rings is 1. The number of phenols is 1. The zero-order valence-corrected chi connectivity index (χ0v) is 14.6. The number of hydrogen-bond acceptors (Lipinski definition) is 5. The minimum atomic E-state index is 0.236. The number of aromatic nitrogens is 4. The summed E-state index contributed by atoms with van der Waals surface area (Å²) >= 11 is 6.14. The highest BCUT2D eigenvalue weighted by molar-refractivity contribution is 6.28. The van der Waals surface area contributed by atoms with E-state index < -0.39 is 0 Å². The predicted octanol–water partition coefficient (Wildman–Crippen LogP) is 3.96. The predicted molar refractivity (Wildman–Crippen MR) is 98.1 cm³/mol. The maximum absolute atomic E-state index is 9.34. The van der Waals surface area contributed by atoms with Gasteiger partial charge in [0.25, 0.3) is 0 Å². The van der Waals surface area contributed by atoms with Crippen LogP contribution in [0.3, 0.4) is 0 Å². The van der Waals surface area contributed by atoms with Gasteiger partial charge >= 0.3 is 0 Å². The summed E-state index contributed by atoms with van der Waals surface area (Å²) < 4.78 is 2.14. The lowest BCUT2D eigenvalue weighted by molar-refractivity contribution is 0.475. The van der Waals surface area contributed by atoms with Crippen LogP contribution in [0.25, 0.3) is 11.2 Å². The van der Waals surface area contributed by atoms with Crippen molar-refractivity contribution in [3.63, 3.8) is 0 Å².